The Morgan fingerprint density at radius 3 is 2.52 bits per heavy atom. The third-order valence-electron chi connectivity index (χ3n) is 10.1. The normalized spacial score (nSPS) is 20.9. The minimum atomic E-state index is -4.65. The number of nitrogen functional groups attached to an aromatic ring is 1. The molecular weight excluding hydrogens is 647 g/mol. The van der Waals surface area contributed by atoms with Crippen LogP contribution in [-0.4, -0.2) is 92.0 Å². The first-order valence-corrected chi connectivity index (χ1v) is 16.5. The van der Waals surface area contributed by atoms with Crippen molar-refractivity contribution in [2.45, 2.75) is 31.7 Å². The molecule has 11 nitrogen and oxygen atoms in total. The Kier molecular flexibility index (Phi) is 8.78. The summed E-state index contributed by atoms with van der Waals surface area (Å²) in [5.74, 6) is -0.0316. The summed E-state index contributed by atoms with van der Waals surface area (Å²) in [4.78, 5) is 23.2. The van der Waals surface area contributed by atoms with Crippen LogP contribution in [0.1, 0.15) is 41.6 Å². The summed E-state index contributed by atoms with van der Waals surface area (Å²) in [5, 5.41) is 28.0. The molecule has 2 atom stereocenters. The maximum atomic E-state index is 13.9. The third-order valence-corrected chi connectivity index (χ3v) is 10.1. The Morgan fingerprint density at radius 2 is 1.82 bits per heavy atom. The van der Waals surface area contributed by atoms with E-state index >= 15 is 0 Å². The first-order valence-electron chi connectivity index (χ1n) is 16.5. The minimum absolute atomic E-state index is 0.0269. The van der Waals surface area contributed by atoms with E-state index in [1.54, 1.807) is 27.8 Å². The van der Waals surface area contributed by atoms with Gasteiger partial charge in [-0.15, -0.1) is 5.10 Å². The predicted molar refractivity (Wildman–Crippen MR) is 183 cm³/mol. The number of amides is 1. The van der Waals surface area contributed by atoms with Gasteiger partial charge in [0.2, 0.25) is 5.91 Å². The number of hydrogen-bond donors (Lipinski definition) is 3. The number of β-amino-alcohol motifs (C(OH)–C–C–N with tert-alkyl or cyclic N) is 1. The number of anilines is 2. The molecule has 2 aromatic carbocycles. The second-order valence-electron chi connectivity index (χ2n) is 13.4. The van der Waals surface area contributed by atoms with E-state index in [0.717, 1.165) is 42.0 Å². The van der Waals surface area contributed by atoms with Gasteiger partial charge < -0.3 is 15.7 Å². The number of aliphatic hydroxyl groups is 1. The summed E-state index contributed by atoms with van der Waals surface area (Å²) >= 11 is 0. The number of carbonyl (C=O) groups excluding carboxylic acids is 1. The quantitative estimate of drug-likeness (QED) is 0.183. The van der Waals surface area contributed by atoms with E-state index < -0.39 is 23.5 Å². The monoisotopic (exact) mass is 685 g/mol. The fraction of sp³-hybridized carbons (Fsp3) is 0.361. The maximum Gasteiger partial charge on any atom is 0.433 e. The van der Waals surface area contributed by atoms with Crippen molar-refractivity contribution >= 4 is 28.6 Å². The molecule has 2 aromatic heterocycles. The fourth-order valence-corrected chi connectivity index (χ4v) is 7.28. The van der Waals surface area contributed by atoms with Crippen LogP contribution in [0.2, 0.25) is 0 Å². The number of alkyl halides is 3. The predicted octanol–water partition coefficient (Wildman–Crippen LogP) is 4.43. The average molecular weight is 686 g/mol. The van der Waals surface area contributed by atoms with Gasteiger partial charge in [-0.2, -0.15) is 13.2 Å². The molecule has 4 aromatic rings. The van der Waals surface area contributed by atoms with Crippen molar-refractivity contribution in [1.29, 1.82) is 5.41 Å². The summed E-state index contributed by atoms with van der Waals surface area (Å²) in [7, 11) is 1.84. The molecule has 50 heavy (non-hydrogen) atoms. The summed E-state index contributed by atoms with van der Waals surface area (Å²) in [6.45, 7) is 3.46. The highest BCUT2D eigenvalue weighted by atomic mass is 19.4. The lowest BCUT2D eigenvalue weighted by Crippen LogP contribution is -2.46. The number of carbonyl (C=O) groups is 1. The Balaban J connectivity index is 0.964. The molecule has 2 fully saturated rings. The number of halogens is 3. The molecule has 3 aliphatic heterocycles. The van der Waals surface area contributed by atoms with Gasteiger partial charge >= 0.3 is 6.18 Å². The van der Waals surface area contributed by atoms with Crippen molar-refractivity contribution in [3.63, 3.8) is 0 Å². The molecule has 1 amide bonds. The SMILES string of the molecule is Cn1cc(-c2ccc(C3=CCN(C(O)CN4CC[C@]5(CCN(c6ccc(N)c(C(=N)c7ccnc(C(F)(F)F)c7)c6)C5=O)C4)CC3)cc2)nn1. The zero-order chi connectivity index (χ0) is 35.2. The van der Waals surface area contributed by atoms with Gasteiger partial charge in [-0.25, -0.2) is 0 Å². The van der Waals surface area contributed by atoms with Gasteiger partial charge in [0, 0.05) is 74.0 Å². The molecule has 5 heterocycles. The molecular formula is C36H38F3N9O2. The Labute approximate surface area is 287 Å². The number of rotatable bonds is 8. The van der Waals surface area contributed by atoms with Gasteiger partial charge in [-0.05, 0) is 67.3 Å². The van der Waals surface area contributed by atoms with Gasteiger partial charge in [0.05, 0.1) is 17.3 Å². The van der Waals surface area contributed by atoms with Crippen LogP contribution < -0.4 is 10.6 Å². The van der Waals surface area contributed by atoms with Crippen LogP contribution in [-0.2, 0) is 18.0 Å². The maximum absolute atomic E-state index is 13.9. The molecule has 0 bridgehead atoms. The Hall–Kier alpha value is -4.92. The molecule has 1 unspecified atom stereocenters. The second kappa shape index (κ2) is 13.1. The van der Waals surface area contributed by atoms with Crippen LogP contribution in [0.15, 0.2) is 73.1 Å². The van der Waals surface area contributed by atoms with Crippen molar-refractivity contribution in [3.05, 3.63) is 95.5 Å². The fourth-order valence-electron chi connectivity index (χ4n) is 7.28. The van der Waals surface area contributed by atoms with E-state index in [-0.39, 0.29) is 28.4 Å². The number of aliphatic hydroxyl groups excluding tert-OH is 1. The molecule has 0 saturated carbocycles. The van der Waals surface area contributed by atoms with Gasteiger partial charge in [0.1, 0.15) is 17.6 Å². The van der Waals surface area contributed by atoms with Crippen molar-refractivity contribution in [2.24, 2.45) is 12.5 Å². The first kappa shape index (κ1) is 33.6. The van der Waals surface area contributed by atoms with Crippen LogP contribution in [0.25, 0.3) is 16.8 Å². The second-order valence-corrected chi connectivity index (χ2v) is 13.4. The van der Waals surface area contributed by atoms with Gasteiger partial charge in [0.25, 0.3) is 0 Å². The number of nitrogens with two attached hydrogens (primary N) is 1. The van der Waals surface area contributed by atoms with E-state index in [2.05, 4.69) is 43.3 Å². The number of benzene rings is 2. The lowest BCUT2D eigenvalue weighted by Gasteiger charge is -2.33. The molecule has 0 aliphatic carbocycles. The van der Waals surface area contributed by atoms with Crippen molar-refractivity contribution in [1.82, 2.24) is 29.8 Å². The smallest absolute Gasteiger partial charge is 0.398 e. The highest BCUT2D eigenvalue weighted by molar-refractivity contribution is 6.14. The van der Waals surface area contributed by atoms with Gasteiger partial charge in [-0.3, -0.25) is 29.7 Å². The van der Waals surface area contributed by atoms with E-state index in [4.69, 9.17) is 11.1 Å². The van der Waals surface area contributed by atoms with Crippen LogP contribution in [0.5, 0.6) is 0 Å². The molecule has 260 valence electrons. The Morgan fingerprint density at radius 1 is 1.06 bits per heavy atom. The Bertz CT molecular complexity index is 1960. The van der Waals surface area contributed by atoms with Crippen LogP contribution >= 0.6 is 0 Å². The highest BCUT2D eigenvalue weighted by Crippen LogP contribution is 2.43. The largest absolute Gasteiger partial charge is 0.433 e. The molecule has 2 saturated heterocycles. The minimum Gasteiger partial charge on any atom is -0.398 e. The molecule has 1 spiro atoms. The van der Waals surface area contributed by atoms with Gasteiger partial charge in [0.15, 0.2) is 0 Å². The third kappa shape index (κ3) is 6.53. The van der Waals surface area contributed by atoms with Crippen LogP contribution in [0.4, 0.5) is 24.5 Å². The van der Waals surface area contributed by atoms with Crippen LogP contribution in [0, 0.1) is 10.8 Å². The molecule has 3 aliphatic rings. The number of nitrogens with zero attached hydrogens (tertiary/aromatic N) is 7. The van der Waals surface area contributed by atoms with Crippen molar-refractivity contribution < 1.29 is 23.1 Å². The molecule has 4 N–H and O–H groups in total. The van der Waals surface area contributed by atoms with E-state index in [0.29, 0.717) is 51.3 Å². The lowest BCUT2D eigenvalue weighted by molar-refractivity contribution is -0.141. The number of aryl methyl sites for hydroxylation is 1. The number of nitrogens with one attached hydrogen (secondary N) is 1. The van der Waals surface area contributed by atoms with Gasteiger partial charge in [-0.1, -0.05) is 35.6 Å². The molecule has 7 rings (SSSR count). The lowest BCUT2D eigenvalue weighted by atomic mass is 9.85. The zero-order valence-electron chi connectivity index (χ0n) is 27.6. The average Bonchev–Trinajstić information content (AvgIpc) is 3.83. The van der Waals surface area contributed by atoms with Crippen molar-refractivity contribution in [3.8, 4) is 11.3 Å². The molecule has 0 radical (unpaired) electrons. The molecule has 14 heteroatoms. The summed E-state index contributed by atoms with van der Waals surface area (Å²) < 4.78 is 41.5. The zero-order valence-corrected chi connectivity index (χ0v) is 27.6. The van der Waals surface area contributed by atoms with E-state index in [9.17, 15) is 23.1 Å². The van der Waals surface area contributed by atoms with E-state index in [1.165, 1.54) is 11.6 Å². The number of likely N-dealkylation sites (tertiary alicyclic amines) is 1. The van der Waals surface area contributed by atoms with Crippen molar-refractivity contribution in [2.75, 3.05) is 49.9 Å². The van der Waals surface area contributed by atoms with E-state index in [1.807, 2.05) is 25.4 Å². The number of pyridine rings is 1. The number of aromatic nitrogens is 4. The number of hydrogen-bond acceptors (Lipinski definition) is 9. The topological polar surface area (TPSA) is 140 Å². The summed E-state index contributed by atoms with van der Waals surface area (Å²) in [6, 6.07) is 15.3. The summed E-state index contributed by atoms with van der Waals surface area (Å²) in [6.07, 6.45) is 1.86. The standard InChI is InChI=1S/C36H38F3N9O2/c1-45-20-30(43-44-45)25-4-2-23(3-5-25)24-9-14-47(15-10-24)32(49)21-46-16-11-35(22-46)12-17-48(34(35)50)27-6-7-29(40)28(19-27)33(41)26-8-13-42-31(18-26)36(37,38)39/h2-9,13,18-20,32,41,49H,10-12,14-17,21-22,40H2,1H3/t32?,35-/m0/s1. The summed E-state index contributed by atoms with van der Waals surface area (Å²) in [5.41, 5.74) is 9.56. The first-order chi connectivity index (χ1) is 23.9. The highest BCUT2D eigenvalue weighted by Gasteiger charge is 2.51. The van der Waals surface area contributed by atoms with Crippen LogP contribution in [0.3, 0.4) is 0 Å².